The number of carbonyl (C=O) groups excluding carboxylic acids is 1. The van der Waals surface area contributed by atoms with Crippen molar-refractivity contribution in [2.45, 2.75) is 6.92 Å². The summed E-state index contributed by atoms with van der Waals surface area (Å²) in [6.45, 7) is 3.02. The summed E-state index contributed by atoms with van der Waals surface area (Å²) < 4.78 is 12.7. The van der Waals surface area contributed by atoms with Crippen LogP contribution in [0.15, 0.2) is 39.3 Å². The monoisotopic (exact) mass is 410 g/mol. The van der Waals surface area contributed by atoms with Crippen LogP contribution in [-0.4, -0.2) is 19.0 Å². The third-order valence-corrected chi connectivity index (χ3v) is 4.81. The molecule has 1 aliphatic heterocycles. The number of rotatable bonds is 2. The Morgan fingerprint density at radius 3 is 2.48 bits per heavy atom. The summed E-state index contributed by atoms with van der Waals surface area (Å²) in [5, 5.41) is 0. The number of ether oxygens (including phenoxy) is 2. The first-order valence-corrected chi connectivity index (χ1v) is 8.05. The molecule has 0 aromatic heterocycles. The molecule has 2 aromatic rings. The van der Waals surface area contributed by atoms with Gasteiger partial charge in [0, 0.05) is 20.1 Å². The average Bonchev–Trinajstić information content (AvgIpc) is 2.50. The molecule has 1 aliphatic rings. The highest BCUT2D eigenvalue weighted by Gasteiger charge is 2.18. The van der Waals surface area contributed by atoms with Gasteiger partial charge in [-0.3, -0.25) is 4.79 Å². The fourth-order valence-electron chi connectivity index (χ4n) is 2.16. The number of benzene rings is 2. The molecule has 3 nitrogen and oxygen atoms in total. The number of ketones is 1. The Bertz CT molecular complexity index is 726. The Morgan fingerprint density at radius 2 is 1.71 bits per heavy atom. The van der Waals surface area contributed by atoms with Crippen molar-refractivity contribution < 1.29 is 14.3 Å². The molecule has 0 spiro atoms. The molecule has 2 aromatic carbocycles. The Hall–Kier alpha value is -1.33. The third kappa shape index (κ3) is 2.85. The number of halogens is 2. The van der Waals surface area contributed by atoms with Gasteiger partial charge in [0.15, 0.2) is 17.3 Å². The van der Waals surface area contributed by atoms with E-state index in [2.05, 4.69) is 31.9 Å². The second-order valence-electron chi connectivity index (χ2n) is 4.77. The summed E-state index contributed by atoms with van der Waals surface area (Å²) >= 11 is 6.92. The van der Waals surface area contributed by atoms with Crippen LogP contribution in [-0.2, 0) is 0 Å². The molecule has 0 N–H and O–H groups in total. The van der Waals surface area contributed by atoms with Gasteiger partial charge in [-0.15, -0.1) is 0 Å². The molecule has 108 valence electrons. The van der Waals surface area contributed by atoms with Gasteiger partial charge >= 0.3 is 0 Å². The van der Waals surface area contributed by atoms with Crippen LogP contribution in [0.25, 0.3) is 0 Å². The molecule has 0 unspecified atom stereocenters. The van der Waals surface area contributed by atoms with Gasteiger partial charge in [-0.1, -0.05) is 31.9 Å². The zero-order chi connectivity index (χ0) is 15.0. The van der Waals surface area contributed by atoms with Crippen molar-refractivity contribution in [3.63, 3.8) is 0 Å². The molecular weight excluding hydrogens is 400 g/mol. The maximum absolute atomic E-state index is 12.7. The number of fused-ring (bicyclic) bond motifs is 1. The Balaban J connectivity index is 2.01. The lowest BCUT2D eigenvalue weighted by Gasteiger charge is -2.18. The van der Waals surface area contributed by atoms with Crippen molar-refractivity contribution in [1.82, 2.24) is 0 Å². The fourth-order valence-corrected chi connectivity index (χ4v) is 3.14. The Morgan fingerprint density at radius 1 is 1.00 bits per heavy atom. The minimum Gasteiger partial charge on any atom is -0.486 e. The molecule has 0 bridgehead atoms. The lowest BCUT2D eigenvalue weighted by atomic mass is 10.0. The van der Waals surface area contributed by atoms with E-state index in [4.69, 9.17) is 9.47 Å². The SMILES string of the molecule is Cc1cc(Br)c(C(=O)c2ccc3c(c2)OCCO3)cc1Br. The molecule has 3 rings (SSSR count). The van der Waals surface area contributed by atoms with E-state index in [9.17, 15) is 4.79 Å². The molecule has 5 heteroatoms. The minimum absolute atomic E-state index is 0.0560. The number of hydrogen-bond donors (Lipinski definition) is 0. The van der Waals surface area contributed by atoms with Gasteiger partial charge in [-0.05, 0) is 42.8 Å². The van der Waals surface area contributed by atoms with Gasteiger partial charge in [-0.2, -0.15) is 0 Å². The van der Waals surface area contributed by atoms with E-state index in [-0.39, 0.29) is 5.78 Å². The van der Waals surface area contributed by atoms with Gasteiger partial charge < -0.3 is 9.47 Å². The first-order chi connectivity index (χ1) is 10.1. The van der Waals surface area contributed by atoms with Crippen LogP contribution in [0.2, 0.25) is 0 Å². The molecule has 0 atom stereocenters. The zero-order valence-electron chi connectivity index (χ0n) is 11.3. The molecule has 0 saturated heterocycles. The summed E-state index contributed by atoms with van der Waals surface area (Å²) in [7, 11) is 0. The first kappa shape index (κ1) is 14.6. The van der Waals surface area contributed by atoms with Crippen molar-refractivity contribution in [3.05, 3.63) is 56.0 Å². The minimum atomic E-state index is -0.0560. The van der Waals surface area contributed by atoms with Crippen LogP contribution in [0.1, 0.15) is 21.5 Å². The lowest BCUT2D eigenvalue weighted by molar-refractivity contribution is 0.103. The fraction of sp³-hybridized carbons (Fsp3) is 0.188. The topological polar surface area (TPSA) is 35.5 Å². The number of carbonyl (C=O) groups is 1. The van der Waals surface area contributed by atoms with Crippen LogP contribution in [0.3, 0.4) is 0 Å². The Kier molecular flexibility index (Phi) is 4.04. The molecule has 0 amide bonds. The number of aryl methyl sites for hydroxylation is 1. The molecule has 21 heavy (non-hydrogen) atoms. The van der Waals surface area contributed by atoms with Crippen molar-refractivity contribution >= 4 is 37.6 Å². The number of hydrogen-bond acceptors (Lipinski definition) is 3. The largest absolute Gasteiger partial charge is 0.486 e. The molecule has 0 aliphatic carbocycles. The van der Waals surface area contributed by atoms with E-state index in [0.717, 1.165) is 14.5 Å². The van der Waals surface area contributed by atoms with Crippen molar-refractivity contribution in [1.29, 1.82) is 0 Å². The van der Waals surface area contributed by atoms with E-state index in [0.29, 0.717) is 35.8 Å². The standard InChI is InChI=1S/C16H12Br2O3/c1-9-6-13(18)11(8-12(9)17)16(19)10-2-3-14-15(7-10)21-5-4-20-14/h2-3,6-8H,4-5H2,1H3. The molecule has 0 radical (unpaired) electrons. The average molecular weight is 412 g/mol. The predicted molar refractivity (Wildman–Crippen MR) is 87.4 cm³/mol. The van der Waals surface area contributed by atoms with Crippen molar-refractivity contribution in [3.8, 4) is 11.5 Å². The van der Waals surface area contributed by atoms with E-state index in [1.807, 2.05) is 19.1 Å². The van der Waals surface area contributed by atoms with E-state index < -0.39 is 0 Å². The summed E-state index contributed by atoms with van der Waals surface area (Å²) in [6, 6.07) is 9.03. The summed E-state index contributed by atoms with van der Waals surface area (Å²) in [4.78, 5) is 12.7. The van der Waals surface area contributed by atoms with Crippen LogP contribution in [0.4, 0.5) is 0 Å². The third-order valence-electron chi connectivity index (χ3n) is 3.30. The molecule has 0 saturated carbocycles. The first-order valence-electron chi connectivity index (χ1n) is 6.46. The second kappa shape index (κ2) is 5.81. The van der Waals surface area contributed by atoms with E-state index in [1.54, 1.807) is 18.2 Å². The van der Waals surface area contributed by atoms with E-state index in [1.165, 1.54) is 0 Å². The highest BCUT2D eigenvalue weighted by atomic mass is 79.9. The predicted octanol–water partition coefficient (Wildman–Crippen LogP) is 4.52. The van der Waals surface area contributed by atoms with Gasteiger partial charge in [-0.25, -0.2) is 0 Å². The lowest BCUT2D eigenvalue weighted by Crippen LogP contribution is -2.16. The highest BCUT2D eigenvalue weighted by Crippen LogP contribution is 2.33. The van der Waals surface area contributed by atoms with Gasteiger partial charge in [0.25, 0.3) is 0 Å². The van der Waals surface area contributed by atoms with Crippen LogP contribution in [0, 0.1) is 6.92 Å². The van der Waals surface area contributed by atoms with Crippen LogP contribution >= 0.6 is 31.9 Å². The summed E-state index contributed by atoms with van der Waals surface area (Å²) in [5.41, 5.74) is 2.26. The van der Waals surface area contributed by atoms with Crippen molar-refractivity contribution in [2.75, 3.05) is 13.2 Å². The summed E-state index contributed by atoms with van der Waals surface area (Å²) in [5.74, 6) is 1.25. The smallest absolute Gasteiger partial charge is 0.194 e. The second-order valence-corrected chi connectivity index (χ2v) is 6.48. The maximum Gasteiger partial charge on any atom is 0.194 e. The zero-order valence-corrected chi connectivity index (χ0v) is 14.5. The highest BCUT2D eigenvalue weighted by molar-refractivity contribution is 9.11. The maximum atomic E-state index is 12.7. The van der Waals surface area contributed by atoms with Crippen LogP contribution < -0.4 is 9.47 Å². The normalized spacial score (nSPS) is 13.1. The molecular formula is C16H12Br2O3. The quantitative estimate of drug-likeness (QED) is 0.681. The molecule has 1 heterocycles. The summed E-state index contributed by atoms with van der Waals surface area (Å²) in [6.07, 6.45) is 0. The van der Waals surface area contributed by atoms with E-state index >= 15 is 0 Å². The van der Waals surface area contributed by atoms with Gasteiger partial charge in [0.05, 0.1) is 0 Å². The van der Waals surface area contributed by atoms with Crippen molar-refractivity contribution in [2.24, 2.45) is 0 Å². The Labute approximate surface area is 139 Å². The van der Waals surface area contributed by atoms with Gasteiger partial charge in [0.2, 0.25) is 0 Å². The van der Waals surface area contributed by atoms with Crippen LogP contribution in [0.5, 0.6) is 11.5 Å². The molecule has 0 fully saturated rings. The van der Waals surface area contributed by atoms with Gasteiger partial charge in [0.1, 0.15) is 13.2 Å².